The minimum atomic E-state index is -2.66. The summed E-state index contributed by atoms with van der Waals surface area (Å²) < 4.78 is 21.4. The Morgan fingerprint density at radius 2 is 0.493 bits per heavy atom. The highest BCUT2D eigenvalue weighted by molar-refractivity contribution is 5.87. The number of aromatic nitrogens is 3. The molecule has 3 unspecified atom stereocenters. The molecule has 75 heavy (non-hydrogen) atoms. The summed E-state index contributed by atoms with van der Waals surface area (Å²) in [5.74, 6) is -2.65. The molecule has 0 fully saturated rings. The molecule has 0 amide bonds. The number of phenols is 3. The molecule has 0 aliphatic carbocycles. The molecule has 0 saturated carbocycles. The van der Waals surface area contributed by atoms with Crippen LogP contribution in [0, 0.1) is 0 Å². The molecule has 3 N–H and O–H groups in total. The van der Waals surface area contributed by atoms with E-state index in [0.717, 1.165) is 0 Å². The summed E-state index contributed by atoms with van der Waals surface area (Å²) in [6.45, 7) is 41.8. The van der Waals surface area contributed by atoms with Gasteiger partial charge in [-0.25, -0.2) is 14.4 Å². The van der Waals surface area contributed by atoms with Crippen LogP contribution in [0.1, 0.15) is 219 Å². The number of ether oxygens (including phenoxy) is 3. The minimum absolute atomic E-state index is 0.0205. The summed E-state index contributed by atoms with van der Waals surface area (Å²) in [6, 6.07) is 9.09. The van der Waals surface area contributed by atoms with E-state index < -0.39 is 84.1 Å². The van der Waals surface area contributed by atoms with Crippen LogP contribution in [0.3, 0.4) is 0 Å². The Morgan fingerprint density at radius 1 is 0.347 bits per heavy atom. The van der Waals surface area contributed by atoms with Crippen molar-refractivity contribution in [2.45, 2.75) is 235 Å². The number of phenolic OH excluding ortho intramolecular Hbond substituents is 3. The second-order valence-electron chi connectivity index (χ2n) is 26.5. The van der Waals surface area contributed by atoms with Crippen molar-refractivity contribution in [3.63, 3.8) is 0 Å². The first kappa shape index (κ1) is 61.4. The molecular formula is C60H87N3O12. The molecule has 4 aromatic rings. The van der Waals surface area contributed by atoms with E-state index >= 15 is 14.4 Å². The molecule has 15 heteroatoms. The van der Waals surface area contributed by atoms with Gasteiger partial charge >= 0.3 is 17.1 Å². The lowest BCUT2D eigenvalue weighted by molar-refractivity contribution is -0.148. The minimum Gasteiger partial charge on any atom is -0.507 e. The number of Topliss-reactive ketones (excluding diaryl/α,β-unsaturated/α-hetero) is 3. The molecule has 0 radical (unpaired) electrons. The number of benzene rings is 3. The van der Waals surface area contributed by atoms with Crippen LogP contribution >= 0.6 is 0 Å². The van der Waals surface area contributed by atoms with Gasteiger partial charge in [0.25, 0.3) is 17.2 Å². The van der Waals surface area contributed by atoms with Gasteiger partial charge in [0.2, 0.25) is 0 Å². The Kier molecular flexibility index (Phi) is 16.5. The van der Waals surface area contributed by atoms with Gasteiger partial charge in [-0.3, -0.25) is 14.4 Å². The number of ketones is 3. The molecule has 0 bridgehead atoms. The summed E-state index contributed by atoms with van der Waals surface area (Å²) in [4.78, 5) is 92.7. The SMILES string of the molecule is CCC(=O)C(C)(Oc1cc(C(C)(C)C)c(O)c(C(C)(C)C)c1)n1c(=O)n(C(C)(Oc2cc(C(C)(C)C)c(O)c(C(C)(C)C)c2)C(=O)CC)c(=O)n(C(C)(Oc2cc(C(C)(C)C)c(O)c(C(C)(C)C)c2)C(=O)CC)c1=O. The number of carbonyl (C=O) groups is 3. The highest BCUT2D eigenvalue weighted by Crippen LogP contribution is 2.46. The number of hydrogen-bond acceptors (Lipinski definition) is 12. The molecule has 3 atom stereocenters. The van der Waals surface area contributed by atoms with Crippen LogP contribution in [0.5, 0.6) is 34.5 Å². The second-order valence-corrected chi connectivity index (χ2v) is 26.5. The predicted octanol–water partition coefficient (Wildman–Crippen LogP) is 11.3. The van der Waals surface area contributed by atoms with E-state index in [-0.39, 0.29) is 53.8 Å². The van der Waals surface area contributed by atoms with Gasteiger partial charge in [0.15, 0.2) is 17.3 Å². The molecule has 0 spiro atoms. The van der Waals surface area contributed by atoms with Gasteiger partial charge in [0.1, 0.15) is 34.5 Å². The van der Waals surface area contributed by atoms with Crippen LogP contribution in [-0.2, 0) is 64.0 Å². The van der Waals surface area contributed by atoms with E-state index in [4.69, 9.17) is 14.2 Å². The molecule has 3 aromatic carbocycles. The van der Waals surface area contributed by atoms with Crippen molar-refractivity contribution >= 4 is 17.3 Å². The van der Waals surface area contributed by atoms with Crippen molar-refractivity contribution in [1.29, 1.82) is 0 Å². The smallest absolute Gasteiger partial charge is 0.343 e. The van der Waals surface area contributed by atoms with Crippen molar-refractivity contribution in [3.8, 4) is 34.5 Å². The third kappa shape index (κ3) is 11.7. The molecule has 0 aliphatic rings. The van der Waals surface area contributed by atoms with E-state index in [1.165, 1.54) is 77.9 Å². The van der Waals surface area contributed by atoms with E-state index in [9.17, 15) is 29.7 Å². The summed E-state index contributed by atoms with van der Waals surface area (Å²) in [5, 5.41) is 35.1. The van der Waals surface area contributed by atoms with Crippen molar-refractivity contribution in [2.24, 2.45) is 0 Å². The van der Waals surface area contributed by atoms with Crippen molar-refractivity contribution in [3.05, 3.63) is 101 Å². The van der Waals surface area contributed by atoms with Gasteiger partial charge in [0.05, 0.1) is 0 Å². The molecule has 1 heterocycles. The number of aromatic hydroxyl groups is 3. The number of hydrogen-bond donors (Lipinski definition) is 3. The zero-order valence-corrected chi connectivity index (χ0v) is 49.4. The molecule has 4 rings (SSSR count). The summed E-state index contributed by atoms with van der Waals surface area (Å²) in [6.07, 6.45) is -1.00. The summed E-state index contributed by atoms with van der Waals surface area (Å²) >= 11 is 0. The Balaban J connectivity index is 2.43. The van der Waals surface area contributed by atoms with Gasteiger partial charge in [-0.15, -0.1) is 0 Å². The Hall–Kier alpha value is -6.12. The summed E-state index contributed by atoms with van der Waals surface area (Å²) in [7, 11) is 0. The molecule has 414 valence electrons. The molecule has 0 aliphatic heterocycles. The fourth-order valence-corrected chi connectivity index (χ4v) is 9.43. The van der Waals surface area contributed by atoms with E-state index in [2.05, 4.69) is 0 Å². The van der Waals surface area contributed by atoms with Crippen molar-refractivity contribution < 1.29 is 43.9 Å². The highest BCUT2D eigenvalue weighted by atomic mass is 16.5. The fourth-order valence-electron chi connectivity index (χ4n) is 9.43. The molecule has 0 saturated heterocycles. The maximum Gasteiger partial charge on any atom is 0.343 e. The van der Waals surface area contributed by atoms with Crippen LogP contribution in [0.2, 0.25) is 0 Å². The van der Waals surface area contributed by atoms with E-state index in [1.807, 2.05) is 125 Å². The first-order valence-electron chi connectivity index (χ1n) is 26.0. The van der Waals surface area contributed by atoms with Crippen LogP contribution < -0.4 is 31.3 Å². The van der Waals surface area contributed by atoms with Crippen LogP contribution in [-0.4, -0.2) is 46.4 Å². The van der Waals surface area contributed by atoms with E-state index in [0.29, 0.717) is 47.1 Å². The topological polar surface area (TPSA) is 206 Å². The highest BCUT2D eigenvalue weighted by Gasteiger charge is 2.51. The first-order valence-corrected chi connectivity index (χ1v) is 26.0. The summed E-state index contributed by atoms with van der Waals surface area (Å²) in [5.41, 5.74) is -14.2. The Labute approximate surface area is 444 Å². The van der Waals surface area contributed by atoms with Crippen LogP contribution in [0.15, 0.2) is 50.8 Å². The Morgan fingerprint density at radius 3 is 0.613 bits per heavy atom. The number of nitrogens with zero attached hydrogens (tertiary/aromatic N) is 3. The molecule has 15 nitrogen and oxygen atoms in total. The zero-order chi connectivity index (χ0) is 58.1. The van der Waals surface area contributed by atoms with Crippen LogP contribution in [0.4, 0.5) is 0 Å². The fraction of sp³-hybridized carbons (Fsp3) is 0.600. The van der Waals surface area contributed by atoms with E-state index in [1.54, 1.807) is 0 Å². The second kappa shape index (κ2) is 20.1. The number of rotatable bonds is 15. The van der Waals surface area contributed by atoms with Gasteiger partial charge < -0.3 is 29.5 Å². The standard InChI is InChI=1S/C60H87N3O12/c1-25-43(64)58(22,73-34-28-37(52(4,5)6)46(67)38(29-34)53(7,8)9)61-49(70)62(59(23,44(65)26-2)74-35-30-39(54(10,11)12)47(68)40(31-35)55(13,14)15)51(72)63(50(61)71)60(24,45(66)27-3)75-36-32-41(56(16,17)18)48(69)42(33-36)57(19,20)21/h28-33,67-69H,25-27H2,1-24H3. The van der Waals surface area contributed by atoms with Crippen LogP contribution in [0.25, 0.3) is 0 Å². The zero-order valence-electron chi connectivity index (χ0n) is 49.4. The Bertz CT molecular complexity index is 2610. The lowest BCUT2D eigenvalue weighted by Crippen LogP contribution is -2.71. The average molecular weight is 1040 g/mol. The first-order chi connectivity index (χ1) is 33.7. The lowest BCUT2D eigenvalue weighted by atomic mass is 9.79. The normalized spacial score (nSPS) is 15.4. The molecular weight excluding hydrogens is 955 g/mol. The van der Waals surface area contributed by atoms with Crippen molar-refractivity contribution in [1.82, 2.24) is 13.7 Å². The third-order valence-corrected chi connectivity index (χ3v) is 14.0. The average Bonchev–Trinajstić information content (AvgIpc) is 3.24. The predicted molar refractivity (Wildman–Crippen MR) is 294 cm³/mol. The van der Waals surface area contributed by atoms with Gasteiger partial charge in [0, 0.05) is 73.4 Å². The van der Waals surface area contributed by atoms with Gasteiger partial charge in [-0.1, -0.05) is 145 Å². The maximum atomic E-state index is 16.0. The third-order valence-electron chi connectivity index (χ3n) is 14.0. The van der Waals surface area contributed by atoms with Crippen molar-refractivity contribution in [2.75, 3.05) is 0 Å². The lowest BCUT2D eigenvalue weighted by Gasteiger charge is -2.38. The quantitative estimate of drug-likeness (QED) is 0.102. The van der Waals surface area contributed by atoms with Gasteiger partial charge in [-0.2, -0.15) is 13.7 Å². The number of carbonyl (C=O) groups excluding carboxylic acids is 3. The monoisotopic (exact) mass is 1040 g/mol. The maximum absolute atomic E-state index is 16.0. The molecule has 1 aromatic heterocycles. The van der Waals surface area contributed by atoms with Gasteiger partial charge in [-0.05, 0) is 68.9 Å². The largest absolute Gasteiger partial charge is 0.507 e.